The van der Waals surface area contributed by atoms with Crippen molar-refractivity contribution in [3.8, 4) is 0 Å². The molecule has 0 amide bonds. The van der Waals surface area contributed by atoms with Crippen LogP contribution >= 0.6 is 0 Å². The summed E-state index contributed by atoms with van der Waals surface area (Å²) in [5.74, 6) is 0.402. The second-order valence-corrected chi connectivity index (χ2v) is 11.2. The van der Waals surface area contributed by atoms with Crippen molar-refractivity contribution < 1.29 is 54.5 Å². The smallest absolute Gasteiger partial charge is 0.550 e. The quantitative estimate of drug-likeness (QED) is 0.579. The van der Waals surface area contributed by atoms with Gasteiger partial charge in [-0.3, -0.25) is 4.79 Å². The Bertz CT molecular complexity index is 683. The molecule has 0 aromatic rings. The van der Waals surface area contributed by atoms with E-state index < -0.39 is 12.1 Å². The van der Waals surface area contributed by atoms with Crippen LogP contribution in [-0.2, 0) is 9.59 Å². The SMILES string of the molecule is C[C@H](CCC(=O)[O-])[C@H]1CC[C@H]2[C@@H]3C(=O)C[C@@H]4C[C@H](O)CC[C@]4(C)[C@H]3C[C@H](O)[C@]12C.[Na+]. The number of rotatable bonds is 4. The van der Waals surface area contributed by atoms with E-state index in [9.17, 15) is 24.9 Å². The fraction of sp³-hybridized carbons (Fsp3) is 0.917. The minimum Gasteiger partial charge on any atom is -0.550 e. The van der Waals surface area contributed by atoms with Crippen LogP contribution in [0.25, 0.3) is 0 Å². The van der Waals surface area contributed by atoms with Crippen LogP contribution in [0.1, 0.15) is 78.6 Å². The molecule has 2 N–H and O–H groups in total. The normalized spacial score (nSPS) is 48.7. The predicted molar refractivity (Wildman–Crippen MR) is 106 cm³/mol. The number of carboxylic acids is 1. The van der Waals surface area contributed by atoms with E-state index in [0.29, 0.717) is 31.5 Å². The molecule has 4 fully saturated rings. The molecule has 0 aliphatic heterocycles. The van der Waals surface area contributed by atoms with Gasteiger partial charge in [0.1, 0.15) is 5.78 Å². The molecule has 0 heterocycles. The fourth-order valence-corrected chi connectivity index (χ4v) is 8.39. The van der Waals surface area contributed by atoms with Crippen LogP contribution < -0.4 is 34.7 Å². The van der Waals surface area contributed by atoms with Gasteiger partial charge in [0.2, 0.25) is 0 Å². The van der Waals surface area contributed by atoms with Crippen LogP contribution in [-0.4, -0.2) is 34.2 Å². The Balaban J connectivity index is 0.00000256. The Kier molecular flexibility index (Phi) is 7.23. The molecule has 0 spiro atoms. The third kappa shape index (κ3) is 3.75. The molecule has 4 rings (SSSR count). The van der Waals surface area contributed by atoms with Gasteiger partial charge >= 0.3 is 29.6 Å². The number of aliphatic hydroxyl groups is 2. The van der Waals surface area contributed by atoms with Gasteiger partial charge in [-0.2, -0.15) is 0 Å². The van der Waals surface area contributed by atoms with Crippen molar-refractivity contribution in [1.29, 1.82) is 0 Å². The monoisotopic (exact) mass is 428 g/mol. The zero-order valence-electron chi connectivity index (χ0n) is 19.1. The molecule has 4 aliphatic rings. The molecular weight excluding hydrogens is 391 g/mol. The number of aliphatic carboxylic acids is 1. The Labute approximate surface area is 202 Å². The molecule has 4 aliphatic carbocycles. The van der Waals surface area contributed by atoms with Crippen LogP contribution in [0.4, 0.5) is 0 Å². The van der Waals surface area contributed by atoms with Crippen molar-refractivity contribution in [2.75, 3.05) is 0 Å². The first kappa shape index (κ1) is 24.7. The van der Waals surface area contributed by atoms with Gasteiger partial charge in [-0.1, -0.05) is 20.8 Å². The summed E-state index contributed by atoms with van der Waals surface area (Å²) in [6.07, 6.45) is 5.47. The van der Waals surface area contributed by atoms with Crippen molar-refractivity contribution in [2.24, 2.45) is 46.3 Å². The maximum atomic E-state index is 13.4. The van der Waals surface area contributed by atoms with Crippen LogP contribution in [0.15, 0.2) is 0 Å². The number of carbonyl (C=O) groups is 2. The molecule has 6 heteroatoms. The Hall–Kier alpha value is 0.0600. The molecule has 0 bridgehead atoms. The van der Waals surface area contributed by atoms with E-state index in [-0.39, 0.29) is 88.4 Å². The maximum absolute atomic E-state index is 13.4. The average Bonchev–Trinajstić information content (AvgIpc) is 3.01. The van der Waals surface area contributed by atoms with Gasteiger partial charge in [0.15, 0.2) is 0 Å². The first-order chi connectivity index (χ1) is 13.6. The number of aliphatic hydroxyl groups excluding tert-OH is 2. The molecule has 5 nitrogen and oxygen atoms in total. The van der Waals surface area contributed by atoms with E-state index in [0.717, 1.165) is 25.7 Å². The van der Waals surface area contributed by atoms with Crippen molar-refractivity contribution >= 4 is 11.8 Å². The first-order valence-corrected chi connectivity index (χ1v) is 11.7. The van der Waals surface area contributed by atoms with Crippen molar-refractivity contribution in [1.82, 2.24) is 0 Å². The fourth-order valence-electron chi connectivity index (χ4n) is 8.39. The summed E-state index contributed by atoms with van der Waals surface area (Å²) in [6.45, 7) is 6.57. The number of fused-ring (bicyclic) bond motifs is 5. The average molecular weight is 429 g/mol. The second kappa shape index (κ2) is 8.78. The van der Waals surface area contributed by atoms with Gasteiger partial charge in [-0.15, -0.1) is 0 Å². The Morgan fingerprint density at radius 2 is 1.87 bits per heavy atom. The van der Waals surface area contributed by atoms with Crippen LogP contribution in [0, 0.1) is 46.3 Å². The Morgan fingerprint density at radius 3 is 2.53 bits per heavy atom. The number of Topliss-reactive ketones (excluding diaryl/α,β-unsaturated/α-hetero) is 1. The number of hydrogen-bond acceptors (Lipinski definition) is 5. The molecule has 0 radical (unpaired) electrons. The van der Waals surface area contributed by atoms with E-state index in [1.807, 2.05) is 0 Å². The van der Waals surface area contributed by atoms with E-state index in [1.165, 1.54) is 0 Å². The molecule has 0 saturated heterocycles. The number of hydrogen-bond donors (Lipinski definition) is 2. The first-order valence-electron chi connectivity index (χ1n) is 11.7. The van der Waals surface area contributed by atoms with Crippen LogP contribution in [0.2, 0.25) is 0 Å². The van der Waals surface area contributed by atoms with Gasteiger partial charge in [0.25, 0.3) is 0 Å². The summed E-state index contributed by atoms with van der Waals surface area (Å²) in [4.78, 5) is 24.3. The van der Waals surface area contributed by atoms with E-state index in [4.69, 9.17) is 0 Å². The predicted octanol–water partition coefficient (Wildman–Crippen LogP) is -0.674. The third-order valence-electron chi connectivity index (χ3n) is 10.1. The van der Waals surface area contributed by atoms with Gasteiger partial charge in [-0.05, 0) is 86.4 Å². The summed E-state index contributed by atoms with van der Waals surface area (Å²) in [7, 11) is 0. The molecule has 0 aromatic carbocycles. The molecular formula is C24H37NaO5. The number of ketones is 1. The summed E-state index contributed by atoms with van der Waals surface area (Å²) in [6, 6.07) is 0. The van der Waals surface area contributed by atoms with Crippen molar-refractivity contribution in [3.05, 3.63) is 0 Å². The second-order valence-electron chi connectivity index (χ2n) is 11.2. The zero-order valence-corrected chi connectivity index (χ0v) is 21.1. The number of carboxylic acid groups (broad SMARTS) is 1. The molecule has 30 heavy (non-hydrogen) atoms. The summed E-state index contributed by atoms with van der Waals surface area (Å²) < 4.78 is 0. The minimum absolute atomic E-state index is 0. The molecule has 0 aromatic heterocycles. The van der Waals surface area contributed by atoms with Crippen molar-refractivity contribution in [2.45, 2.75) is 90.8 Å². The van der Waals surface area contributed by atoms with Gasteiger partial charge < -0.3 is 20.1 Å². The molecule has 4 saturated carbocycles. The van der Waals surface area contributed by atoms with Crippen LogP contribution in [0.3, 0.4) is 0 Å². The minimum atomic E-state index is -1.01. The summed E-state index contributed by atoms with van der Waals surface area (Å²) >= 11 is 0. The topological polar surface area (TPSA) is 97.7 Å². The van der Waals surface area contributed by atoms with E-state index in [2.05, 4.69) is 20.8 Å². The zero-order chi connectivity index (χ0) is 21.1. The standard InChI is InChI=1S/C24H38O5.Na/c1-13(4-7-21(28)29)16-5-6-17-22-18(12-20(27)24(16,17)3)23(2)9-8-15(25)10-14(23)11-19(22)26;/h13-18,20,22,25,27H,4-12H2,1-3H3,(H,28,29);/q;+1/p-1/t13-,14+,15-,16-,17+,18+,20+,22+,23+,24-;/m1./s1. The van der Waals surface area contributed by atoms with E-state index >= 15 is 0 Å². The van der Waals surface area contributed by atoms with E-state index in [1.54, 1.807) is 0 Å². The molecule has 10 atom stereocenters. The summed E-state index contributed by atoms with van der Waals surface area (Å²) in [5, 5.41) is 32.5. The molecule has 0 unspecified atom stereocenters. The van der Waals surface area contributed by atoms with Gasteiger partial charge in [0.05, 0.1) is 12.2 Å². The summed E-state index contributed by atoms with van der Waals surface area (Å²) in [5.41, 5.74) is -0.293. The molecule has 164 valence electrons. The van der Waals surface area contributed by atoms with Crippen molar-refractivity contribution in [3.63, 3.8) is 0 Å². The Morgan fingerprint density at radius 1 is 1.17 bits per heavy atom. The number of carbonyl (C=O) groups excluding carboxylic acids is 2. The van der Waals surface area contributed by atoms with Crippen LogP contribution in [0.5, 0.6) is 0 Å². The van der Waals surface area contributed by atoms with Gasteiger partial charge in [0, 0.05) is 23.7 Å². The third-order valence-corrected chi connectivity index (χ3v) is 10.1. The largest absolute Gasteiger partial charge is 1.00 e. The van der Waals surface area contributed by atoms with Gasteiger partial charge in [-0.25, -0.2) is 0 Å². The maximum Gasteiger partial charge on any atom is 1.00 e.